The third-order valence-corrected chi connectivity index (χ3v) is 10.7. The number of nitrogens with zero attached hydrogens (tertiary/aromatic N) is 2. The molecule has 0 radical (unpaired) electrons. The van der Waals surface area contributed by atoms with Gasteiger partial charge in [-0.3, -0.25) is 4.57 Å². The molecule has 0 N–H and O–H groups in total. The minimum absolute atomic E-state index is 0.0257. The summed E-state index contributed by atoms with van der Waals surface area (Å²) < 4.78 is 129. The summed E-state index contributed by atoms with van der Waals surface area (Å²) in [6.45, 7) is -6.24. The molecular formula is C52H36N2. The minimum Gasteiger partial charge on any atom is -0.292 e. The second-order valence-electron chi connectivity index (χ2n) is 13.7. The smallest absolute Gasteiger partial charge is 0.145 e. The molecule has 0 saturated heterocycles. The van der Waals surface area contributed by atoms with Gasteiger partial charge in [0.1, 0.15) is 5.82 Å². The molecule has 1 aromatic heterocycles. The van der Waals surface area contributed by atoms with E-state index in [2.05, 4.69) is 16.7 Å². The number of benzene rings is 9. The van der Waals surface area contributed by atoms with E-state index in [4.69, 9.17) is 18.7 Å². The predicted octanol–water partition coefficient (Wildman–Crippen LogP) is 13.8. The molecule has 0 saturated carbocycles. The van der Waals surface area contributed by atoms with Crippen LogP contribution in [-0.2, 0) is 5.41 Å². The zero-order chi connectivity index (χ0) is 47.9. The molecule has 0 fully saturated rings. The van der Waals surface area contributed by atoms with E-state index < -0.39 is 67.5 Å². The van der Waals surface area contributed by atoms with E-state index in [1.54, 1.807) is 42.5 Å². The highest BCUT2D eigenvalue weighted by atomic mass is 15.1. The molecule has 1 heterocycles. The van der Waals surface area contributed by atoms with Gasteiger partial charge in [0.25, 0.3) is 0 Å². The quantitative estimate of drug-likeness (QED) is 0.167. The summed E-state index contributed by atoms with van der Waals surface area (Å²) in [6, 6.07) is 35.8. The minimum atomic E-state index is -3.12. The maximum Gasteiger partial charge on any atom is 0.145 e. The first-order valence-electron chi connectivity index (χ1n) is 24.6. The first-order chi connectivity index (χ1) is 32.4. The fourth-order valence-corrected chi connectivity index (χ4v) is 8.22. The summed E-state index contributed by atoms with van der Waals surface area (Å²) in [7, 11) is 0. The molecule has 1 aliphatic rings. The van der Waals surface area contributed by atoms with E-state index in [-0.39, 0.29) is 49.4 Å². The molecule has 254 valence electrons. The lowest BCUT2D eigenvalue weighted by molar-refractivity contribution is 0.660. The molecule has 11 rings (SSSR count). The Bertz CT molecular complexity index is 3720. The van der Waals surface area contributed by atoms with Gasteiger partial charge in [-0.05, 0) is 107 Å². The fraction of sp³-hybridized carbons (Fsp3) is 0.0577. The van der Waals surface area contributed by atoms with Crippen LogP contribution in [0.5, 0.6) is 0 Å². The Morgan fingerprint density at radius 3 is 1.85 bits per heavy atom. The third kappa shape index (κ3) is 4.50. The van der Waals surface area contributed by atoms with Crippen molar-refractivity contribution in [1.82, 2.24) is 9.55 Å². The zero-order valence-corrected chi connectivity index (χ0v) is 28.6. The van der Waals surface area contributed by atoms with Gasteiger partial charge in [-0.25, -0.2) is 4.98 Å². The fourth-order valence-electron chi connectivity index (χ4n) is 8.22. The monoisotopic (exact) mass is 702 g/mol. The van der Waals surface area contributed by atoms with Gasteiger partial charge in [0.2, 0.25) is 0 Å². The molecule has 54 heavy (non-hydrogen) atoms. The first kappa shape index (κ1) is 19.9. The van der Waals surface area contributed by atoms with E-state index in [0.717, 1.165) is 27.5 Å². The van der Waals surface area contributed by atoms with Crippen molar-refractivity contribution < 1.29 is 19.2 Å². The Balaban J connectivity index is 1.21. The second kappa shape index (κ2) is 11.6. The van der Waals surface area contributed by atoms with Crippen LogP contribution < -0.4 is 0 Å². The Hall–Kier alpha value is -6.77. The second-order valence-corrected chi connectivity index (χ2v) is 13.7. The van der Waals surface area contributed by atoms with Crippen molar-refractivity contribution >= 4 is 43.4 Å². The maximum atomic E-state index is 9.49. The van der Waals surface area contributed by atoms with E-state index in [0.29, 0.717) is 28.1 Å². The standard InChI is InChI=1S/C52H36N2/c1-52(2)45-20-10-9-15-39(45)40-30-28-37(32-46(40)52)50-43-18-7-5-16-41(43)49(42-17-6-8-19-44(42)50)34-23-25-35(26-24-34)51-53-47-21-11-12-22-48(47)54(51)38-29-27-33-13-3-4-14-36(33)31-38/h3-32H,1-2H3/i1D3,2D3,5D,6D,7D,8D,16D,17D,18D,19D. The summed E-state index contributed by atoms with van der Waals surface area (Å²) in [5.74, 6) is 0.617. The van der Waals surface area contributed by atoms with Crippen molar-refractivity contribution in [2.24, 2.45) is 0 Å². The Labute approximate surface area is 334 Å². The molecule has 2 heteroatoms. The molecule has 0 spiro atoms. The number of aromatic nitrogens is 2. The van der Waals surface area contributed by atoms with Crippen LogP contribution in [0.15, 0.2) is 182 Å². The average Bonchev–Trinajstić information content (AvgIpc) is 3.87. The van der Waals surface area contributed by atoms with Crippen LogP contribution in [0.1, 0.15) is 44.0 Å². The molecule has 1 aliphatic carbocycles. The van der Waals surface area contributed by atoms with Gasteiger partial charge in [-0.2, -0.15) is 0 Å². The number of rotatable bonds is 4. The molecule has 9 aromatic carbocycles. The largest absolute Gasteiger partial charge is 0.292 e. The van der Waals surface area contributed by atoms with Crippen LogP contribution in [0.3, 0.4) is 0 Å². The van der Waals surface area contributed by atoms with E-state index in [1.165, 1.54) is 12.1 Å². The van der Waals surface area contributed by atoms with Gasteiger partial charge in [0.05, 0.1) is 22.0 Å². The molecule has 0 aliphatic heterocycles. The molecule has 2 nitrogen and oxygen atoms in total. The van der Waals surface area contributed by atoms with Gasteiger partial charge < -0.3 is 0 Å². The molecular weight excluding hydrogens is 653 g/mol. The van der Waals surface area contributed by atoms with Crippen molar-refractivity contribution in [3.63, 3.8) is 0 Å². The molecule has 0 atom stereocenters. The van der Waals surface area contributed by atoms with Crippen molar-refractivity contribution in [2.75, 3.05) is 0 Å². The molecule has 10 aromatic rings. The lowest BCUT2D eigenvalue weighted by Crippen LogP contribution is -2.14. The number of hydrogen-bond acceptors (Lipinski definition) is 1. The Kier molecular flexibility index (Phi) is 4.28. The van der Waals surface area contributed by atoms with Crippen LogP contribution in [0, 0.1) is 0 Å². The van der Waals surface area contributed by atoms with Gasteiger partial charge in [-0.15, -0.1) is 0 Å². The van der Waals surface area contributed by atoms with Crippen LogP contribution in [0.4, 0.5) is 0 Å². The van der Waals surface area contributed by atoms with Crippen LogP contribution in [-0.4, -0.2) is 9.55 Å². The first-order valence-corrected chi connectivity index (χ1v) is 17.6. The Morgan fingerprint density at radius 1 is 0.519 bits per heavy atom. The van der Waals surface area contributed by atoms with Crippen LogP contribution >= 0.6 is 0 Å². The molecule has 0 amide bonds. The summed E-state index contributed by atoms with van der Waals surface area (Å²) in [5, 5.41) is 1.86. The summed E-state index contributed by atoms with van der Waals surface area (Å²) in [4.78, 5) is 5.05. The van der Waals surface area contributed by atoms with Gasteiger partial charge >= 0.3 is 0 Å². The van der Waals surface area contributed by atoms with Gasteiger partial charge in [-0.1, -0.05) is 165 Å². The highest BCUT2D eigenvalue weighted by Gasteiger charge is 2.35. The number of imidazole rings is 1. The van der Waals surface area contributed by atoms with E-state index in [9.17, 15) is 5.48 Å². The highest BCUT2D eigenvalue weighted by molar-refractivity contribution is 6.21. The average molecular weight is 703 g/mol. The number of hydrogen-bond donors (Lipinski definition) is 0. The third-order valence-electron chi connectivity index (χ3n) is 10.7. The van der Waals surface area contributed by atoms with Gasteiger partial charge in [0, 0.05) is 24.9 Å². The summed E-state index contributed by atoms with van der Waals surface area (Å²) in [5.41, 5.74) is 2.03. The normalized spacial score (nSPS) is 17.3. The van der Waals surface area contributed by atoms with E-state index in [1.807, 2.05) is 66.7 Å². The topological polar surface area (TPSA) is 17.8 Å². The lowest BCUT2D eigenvalue weighted by atomic mass is 9.80. The number of fused-ring (bicyclic) bond motifs is 7. The van der Waals surface area contributed by atoms with Crippen molar-refractivity contribution in [3.8, 4) is 50.5 Å². The van der Waals surface area contributed by atoms with Crippen molar-refractivity contribution in [3.05, 3.63) is 193 Å². The van der Waals surface area contributed by atoms with Crippen LogP contribution in [0.2, 0.25) is 0 Å². The van der Waals surface area contributed by atoms with Crippen LogP contribution in [0.25, 0.3) is 93.8 Å². The Morgan fingerprint density at radius 2 is 1.11 bits per heavy atom. The maximum absolute atomic E-state index is 9.49. The highest BCUT2D eigenvalue weighted by Crippen LogP contribution is 2.51. The number of para-hydroxylation sites is 2. The molecule has 0 bridgehead atoms. The predicted molar refractivity (Wildman–Crippen MR) is 227 cm³/mol. The van der Waals surface area contributed by atoms with Crippen molar-refractivity contribution in [2.45, 2.75) is 19.1 Å². The van der Waals surface area contributed by atoms with E-state index >= 15 is 0 Å². The SMILES string of the molecule is [2H]c1c([2H])c([2H])c2c(-c3ccc4c(c3)C(C([2H])([2H])[2H])(C([2H])([2H])[2H])c3ccccc3-4)c3c([2H])c([2H])c([2H])c([2H])c3c(-c3ccc(-c4nc5ccccc5n4-c4ccc5ccccc5c4)cc3)c2c1[2H]. The molecule has 0 unspecified atom stereocenters. The van der Waals surface area contributed by atoms with Crippen molar-refractivity contribution in [1.29, 1.82) is 0 Å². The summed E-state index contributed by atoms with van der Waals surface area (Å²) >= 11 is 0. The zero-order valence-electron chi connectivity index (χ0n) is 42.6. The lowest BCUT2D eigenvalue weighted by Gasteiger charge is -2.23. The summed E-state index contributed by atoms with van der Waals surface area (Å²) in [6.07, 6.45) is 0. The van der Waals surface area contributed by atoms with Gasteiger partial charge in [0.15, 0.2) is 0 Å².